The molecule has 0 spiro atoms. The van der Waals surface area contributed by atoms with E-state index in [9.17, 15) is 4.79 Å². The molecule has 0 saturated carbocycles. The van der Waals surface area contributed by atoms with E-state index in [1.807, 2.05) is 55.5 Å². The van der Waals surface area contributed by atoms with Gasteiger partial charge in [0.2, 0.25) is 5.91 Å². The number of hydrogen-bond acceptors (Lipinski definition) is 4. The quantitative estimate of drug-likeness (QED) is 0.780. The van der Waals surface area contributed by atoms with Crippen molar-refractivity contribution < 1.29 is 14.3 Å². The first kappa shape index (κ1) is 17.8. The van der Waals surface area contributed by atoms with Gasteiger partial charge < -0.3 is 20.5 Å². The van der Waals surface area contributed by atoms with Crippen molar-refractivity contribution in [1.82, 2.24) is 0 Å². The van der Waals surface area contributed by atoms with Gasteiger partial charge in [0, 0.05) is 18.7 Å². The average Bonchev–Trinajstić information content (AvgIpc) is 2.61. The smallest absolute Gasteiger partial charge is 0.224 e. The molecule has 0 bridgehead atoms. The van der Waals surface area contributed by atoms with Gasteiger partial charge in [-0.3, -0.25) is 4.79 Å². The summed E-state index contributed by atoms with van der Waals surface area (Å²) >= 11 is 0. The predicted molar refractivity (Wildman–Crippen MR) is 95.6 cm³/mol. The van der Waals surface area contributed by atoms with E-state index in [1.54, 1.807) is 7.11 Å². The molecular formula is C19H24N2O3. The van der Waals surface area contributed by atoms with Crippen LogP contribution in [0.1, 0.15) is 24.8 Å². The molecule has 0 saturated heterocycles. The third kappa shape index (κ3) is 5.28. The molecule has 2 rings (SSSR count). The lowest BCUT2D eigenvalue weighted by Crippen LogP contribution is -2.14. The van der Waals surface area contributed by atoms with Crippen LogP contribution in [0.25, 0.3) is 0 Å². The zero-order valence-electron chi connectivity index (χ0n) is 14.1. The molecule has 1 amide bonds. The molecule has 3 N–H and O–H groups in total. The van der Waals surface area contributed by atoms with Crippen molar-refractivity contribution in [1.29, 1.82) is 0 Å². The van der Waals surface area contributed by atoms with Crippen molar-refractivity contribution in [2.75, 3.05) is 25.6 Å². The van der Waals surface area contributed by atoms with Crippen LogP contribution in [0.3, 0.4) is 0 Å². The maximum absolute atomic E-state index is 12.2. The lowest BCUT2D eigenvalue weighted by atomic mass is 9.97. The summed E-state index contributed by atoms with van der Waals surface area (Å²) in [5.74, 6) is 1.62. The Labute approximate surface area is 142 Å². The average molecular weight is 328 g/mol. The summed E-state index contributed by atoms with van der Waals surface area (Å²) in [6, 6.07) is 15.1. The second-order valence-corrected chi connectivity index (χ2v) is 5.59. The van der Waals surface area contributed by atoms with Crippen LogP contribution in [0.15, 0.2) is 48.5 Å². The standard InChI is InChI=1S/C19H24N2O3/c1-14(15-4-3-5-18(13-15)23-2)12-19(22)21-16-6-8-17(9-7-16)24-11-10-20/h3-9,13-14H,10-12,20H2,1-2H3,(H,21,22). The maximum Gasteiger partial charge on any atom is 0.224 e. The molecule has 0 fully saturated rings. The van der Waals surface area contributed by atoms with Crippen LogP contribution in [0.2, 0.25) is 0 Å². The SMILES string of the molecule is COc1cccc(C(C)CC(=O)Nc2ccc(OCCN)cc2)c1. The number of anilines is 1. The summed E-state index contributed by atoms with van der Waals surface area (Å²) in [7, 11) is 1.64. The highest BCUT2D eigenvalue weighted by atomic mass is 16.5. The van der Waals surface area contributed by atoms with Gasteiger partial charge >= 0.3 is 0 Å². The highest BCUT2D eigenvalue weighted by Gasteiger charge is 2.12. The largest absolute Gasteiger partial charge is 0.497 e. The molecule has 5 nitrogen and oxygen atoms in total. The molecule has 0 aromatic heterocycles. The maximum atomic E-state index is 12.2. The van der Waals surface area contributed by atoms with E-state index in [0.717, 1.165) is 22.7 Å². The van der Waals surface area contributed by atoms with Crippen molar-refractivity contribution in [3.05, 3.63) is 54.1 Å². The van der Waals surface area contributed by atoms with Gasteiger partial charge in [-0.2, -0.15) is 0 Å². The fourth-order valence-corrected chi connectivity index (χ4v) is 2.37. The van der Waals surface area contributed by atoms with E-state index in [0.29, 0.717) is 19.6 Å². The molecule has 24 heavy (non-hydrogen) atoms. The molecule has 1 atom stereocenters. The predicted octanol–water partition coefficient (Wildman–Crippen LogP) is 3.17. The van der Waals surface area contributed by atoms with Crippen LogP contribution in [-0.4, -0.2) is 26.2 Å². The summed E-state index contributed by atoms with van der Waals surface area (Å²) in [5, 5.41) is 2.90. The van der Waals surface area contributed by atoms with Gasteiger partial charge in [-0.1, -0.05) is 19.1 Å². The summed E-state index contributed by atoms with van der Waals surface area (Å²) in [4.78, 5) is 12.2. The third-order valence-electron chi connectivity index (χ3n) is 3.68. The van der Waals surface area contributed by atoms with Gasteiger partial charge in [-0.15, -0.1) is 0 Å². The Bertz CT molecular complexity index is 656. The molecule has 2 aromatic rings. The van der Waals surface area contributed by atoms with Gasteiger partial charge in [-0.25, -0.2) is 0 Å². The van der Waals surface area contributed by atoms with E-state index in [-0.39, 0.29) is 11.8 Å². The van der Waals surface area contributed by atoms with Crippen LogP contribution in [0.4, 0.5) is 5.69 Å². The van der Waals surface area contributed by atoms with Crippen LogP contribution < -0.4 is 20.5 Å². The number of carbonyl (C=O) groups is 1. The van der Waals surface area contributed by atoms with Crippen molar-refractivity contribution in [3.63, 3.8) is 0 Å². The van der Waals surface area contributed by atoms with Gasteiger partial charge in [0.05, 0.1) is 7.11 Å². The number of ether oxygens (including phenoxy) is 2. The first-order valence-electron chi connectivity index (χ1n) is 7.99. The number of methoxy groups -OCH3 is 1. The van der Waals surface area contributed by atoms with E-state index < -0.39 is 0 Å². The van der Waals surface area contributed by atoms with Crippen molar-refractivity contribution >= 4 is 11.6 Å². The molecular weight excluding hydrogens is 304 g/mol. The number of amides is 1. The normalized spacial score (nSPS) is 11.6. The molecule has 0 aliphatic carbocycles. The summed E-state index contributed by atoms with van der Waals surface area (Å²) < 4.78 is 10.6. The number of benzene rings is 2. The van der Waals surface area contributed by atoms with Crippen LogP contribution in [0.5, 0.6) is 11.5 Å². The Morgan fingerprint density at radius 3 is 2.58 bits per heavy atom. The molecule has 0 heterocycles. The van der Waals surface area contributed by atoms with E-state index in [4.69, 9.17) is 15.2 Å². The van der Waals surface area contributed by atoms with E-state index in [1.165, 1.54) is 0 Å². The first-order valence-corrected chi connectivity index (χ1v) is 7.99. The van der Waals surface area contributed by atoms with E-state index >= 15 is 0 Å². The molecule has 0 aliphatic heterocycles. The van der Waals surface area contributed by atoms with Crippen molar-refractivity contribution in [3.8, 4) is 11.5 Å². The molecule has 0 aliphatic rings. The number of carbonyl (C=O) groups excluding carboxylic acids is 1. The second kappa shape index (κ2) is 8.93. The minimum atomic E-state index is -0.0269. The third-order valence-corrected chi connectivity index (χ3v) is 3.68. The fourth-order valence-electron chi connectivity index (χ4n) is 2.37. The lowest BCUT2D eigenvalue weighted by Gasteiger charge is -2.13. The van der Waals surface area contributed by atoms with Crippen LogP contribution >= 0.6 is 0 Å². The number of hydrogen-bond donors (Lipinski definition) is 2. The lowest BCUT2D eigenvalue weighted by molar-refractivity contribution is -0.116. The molecule has 0 radical (unpaired) electrons. The number of nitrogens with two attached hydrogens (primary N) is 1. The zero-order chi connectivity index (χ0) is 17.4. The molecule has 1 unspecified atom stereocenters. The van der Waals surface area contributed by atoms with Crippen LogP contribution in [-0.2, 0) is 4.79 Å². The molecule has 5 heteroatoms. The topological polar surface area (TPSA) is 73.6 Å². The van der Waals surface area contributed by atoms with Gasteiger partial charge in [-0.05, 0) is 47.9 Å². The highest BCUT2D eigenvalue weighted by Crippen LogP contribution is 2.24. The molecule has 2 aromatic carbocycles. The van der Waals surface area contributed by atoms with Gasteiger partial charge in [0.25, 0.3) is 0 Å². The summed E-state index contributed by atoms with van der Waals surface area (Å²) in [6.45, 7) is 2.97. The first-order chi connectivity index (χ1) is 11.6. The van der Waals surface area contributed by atoms with Gasteiger partial charge in [0.1, 0.15) is 18.1 Å². The summed E-state index contributed by atoms with van der Waals surface area (Å²) in [5.41, 5.74) is 7.22. The van der Waals surface area contributed by atoms with Gasteiger partial charge in [0.15, 0.2) is 0 Å². The Morgan fingerprint density at radius 2 is 1.92 bits per heavy atom. The Balaban J connectivity index is 1.90. The second-order valence-electron chi connectivity index (χ2n) is 5.59. The number of rotatable bonds is 8. The molecule has 128 valence electrons. The monoisotopic (exact) mass is 328 g/mol. The van der Waals surface area contributed by atoms with Crippen molar-refractivity contribution in [2.24, 2.45) is 5.73 Å². The zero-order valence-corrected chi connectivity index (χ0v) is 14.1. The Kier molecular flexibility index (Phi) is 6.63. The van der Waals surface area contributed by atoms with E-state index in [2.05, 4.69) is 5.32 Å². The minimum absolute atomic E-state index is 0.0269. The highest BCUT2D eigenvalue weighted by molar-refractivity contribution is 5.91. The van der Waals surface area contributed by atoms with Crippen LogP contribution in [0, 0.1) is 0 Å². The Hall–Kier alpha value is -2.53. The van der Waals surface area contributed by atoms with Crippen molar-refractivity contribution in [2.45, 2.75) is 19.3 Å². The minimum Gasteiger partial charge on any atom is -0.497 e. The summed E-state index contributed by atoms with van der Waals surface area (Å²) in [6.07, 6.45) is 0.401. The fraction of sp³-hybridized carbons (Fsp3) is 0.316. The number of nitrogens with one attached hydrogen (secondary N) is 1. The Morgan fingerprint density at radius 1 is 1.17 bits per heavy atom.